The molecule has 8 nitrogen and oxygen atoms in total. The van der Waals surface area contributed by atoms with E-state index in [0.29, 0.717) is 25.9 Å². The molecule has 2 amide bonds. The molecule has 0 aromatic heterocycles. The largest absolute Gasteiger partial charge is 0.481 e. The van der Waals surface area contributed by atoms with E-state index in [2.05, 4.69) is 6.58 Å². The van der Waals surface area contributed by atoms with Crippen molar-refractivity contribution in [1.29, 1.82) is 0 Å². The van der Waals surface area contributed by atoms with Gasteiger partial charge in [0.1, 0.15) is 17.6 Å². The number of hydrogen-bond donors (Lipinski definition) is 2. The van der Waals surface area contributed by atoms with Gasteiger partial charge in [0.05, 0.1) is 24.2 Å². The molecule has 7 atom stereocenters. The number of hydrogen-bond acceptors (Lipinski definition) is 5. The number of fused-ring (bicyclic) bond motifs is 1. The molecule has 2 bridgehead atoms. The molecule has 3 aliphatic heterocycles. The van der Waals surface area contributed by atoms with Crippen molar-refractivity contribution in [3.8, 4) is 0 Å². The van der Waals surface area contributed by atoms with Crippen molar-refractivity contribution in [3.63, 3.8) is 0 Å². The summed E-state index contributed by atoms with van der Waals surface area (Å²) in [6, 6.07) is -1.52. The van der Waals surface area contributed by atoms with Crippen LogP contribution < -0.4 is 0 Å². The molecule has 0 aromatic carbocycles. The highest BCUT2D eigenvalue weighted by Gasteiger charge is 2.80. The number of aliphatic hydroxyl groups excluding tert-OH is 1. The number of unbranched alkanes of at least 4 members (excludes halogenated alkanes) is 1. The van der Waals surface area contributed by atoms with Gasteiger partial charge < -0.3 is 24.7 Å². The second kappa shape index (κ2) is 8.54. The van der Waals surface area contributed by atoms with Crippen LogP contribution in [0.2, 0.25) is 0 Å². The van der Waals surface area contributed by atoms with E-state index in [4.69, 9.17) is 4.74 Å². The normalized spacial score (nSPS) is 37.1. The summed E-state index contributed by atoms with van der Waals surface area (Å²) in [5.74, 6) is -3.80. The van der Waals surface area contributed by atoms with Gasteiger partial charge in [-0.15, -0.1) is 6.58 Å². The summed E-state index contributed by atoms with van der Waals surface area (Å²) in [5.41, 5.74) is -2.20. The SMILES string of the molecule is C=CCN(CCCC)C(=O)C1N([C@@H](CC)CO)C(=O)[C@@H]2[C@@H](C(=O)O)[C@]3(C)OC12CC3C. The van der Waals surface area contributed by atoms with E-state index < -0.39 is 47.0 Å². The van der Waals surface area contributed by atoms with E-state index in [0.717, 1.165) is 12.8 Å². The van der Waals surface area contributed by atoms with Crippen molar-refractivity contribution in [2.24, 2.45) is 17.8 Å². The number of likely N-dealkylation sites (tertiary alicyclic amines) is 1. The molecular weight excluding hydrogens is 400 g/mol. The Bertz CT molecular complexity index is 752. The fraction of sp³-hybridized carbons (Fsp3) is 0.783. The van der Waals surface area contributed by atoms with E-state index in [1.807, 2.05) is 20.8 Å². The van der Waals surface area contributed by atoms with Gasteiger partial charge >= 0.3 is 5.97 Å². The molecule has 3 aliphatic rings. The van der Waals surface area contributed by atoms with Crippen molar-refractivity contribution in [2.45, 2.75) is 76.7 Å². The predicted molar refractivity (Wildman–Crippen MR) is 114 cm³/mol. The van der Waals surface area contributed by atoms with Crippen LogP contribution in [0.3, 0.4) is 0 Å². The zero-order chi connectivity index (χ0) is 23.1. The Balaban J connectivity index is 2.13. The highest BCUT2D eigenvalue weighted by molar-refractivity contribution is 5.98. The summed E-state index contributed by atoms with van der Waals surface area (Å²) in [5, 5.41) is 20.0. The number of carboxylic acids is 1. The van der Waals surface area contributed by atoms with Gasteiger partial charge in [0.15, 0.2) is 0 Å². The molecule has 1 spiro atoms. The van der Waals surface area contributed by atoms with E-state index in [9.17, 15) is 24.6 Å². The maximum Gasteiger partial charge on any atom is 0.310 e. The van der Waals surface area contributed by atoms with Crippen LogP contribution in [0.4, 0.5) is 0 Å². The Labute approximate surface area is 184 Å². The average Bonchev–Trinajstić information content (AvgIpc) is 3.23. The summed E-state index contributed by atoms with van der Waals surface area (Å²) in [4.78, 5) is 43.0. The molecule has 0 saturated carbocycles. The molecule has 3 saturated heterocycles. The first-order valence-electron chi connectivity index (χ1n) is 11.4. The van der Waals surface area contributed by atoms with E-state index in [-0.39, 0.29) is 18.4 Å². The molecule has 3 unspecified atom stereocenters. The van der Waals surface area contributed by atoms with Crippen molar-refractivity contribution >= 4 is 17.8 Å². The minimum absolute atomic E-state index is 0.120. The quantitative estimate of drug-likeness (QED) is 0.505. The summed E-state index contributed by atoms with van der Waals surface area (Å²) in [6.45, 7) is 11.9. The Morgan fingerprint density at radius 3 is 2.61 bits per heavy atom. The Kier molecular flexibility index (Phi) is 6.54. The molecule has 0 radical (unpaired) electrons. The Morgan fingerprint density at radius 1 is 1.42 bits per heavy atom. The topological polar surface area (TPSA) is 107 Å². The first-order chi connectivity index (χ1) is 14.6. The molecule has 2 N–H and O–H groups in total. The highest BCUT2D eigenvalue weighted by Crippen LogP contribution is 2.65. The Morgan fingerprint density at radius 2 is 2.10 bits per heavy atom. The fourth-order valence-electron chi connectivity index (χ4n) is 6.11. The van der Waals surface area contributed by atoms with Gasteiger partial charge in [-0.2, -0.15) is 0 Å². The van der Waals surface area contributed by atoms with Crippen LogP contribution in [-0.2, 0) is 19.1 Å². The van der Waals surface area contributed by atoms with Crippen LogP contribution in [0.5, 0.6) is 0 Å². The zero-order valence-corrected chi connectivity index (χ0v) is 19.0. The van der Waals surface area contributed by atoms with E-state index in [1.165, 1.54) is 4.90 Å². The predicted octanol–water partition coefficient (Wildman–Crippen LogP) is 1.67. The summed E-state index contributed by atoms with van der Waals surface area (Å²) in [6.07, 6.45) is 4.26. The number of nitrogens with zero attached hydrogens (tertiary/aromatic N) is 2. The van der Waals surface area contributed by atoms with Crippen LogP contribution in [0.15, 0.2) is 12.7 Å². The van der Waals surface area contributed by atoms with E-state index >= 15 is 0 Å². The lowest BCUT2D eigenvalue weighted by atomic mass is 9.62. The van der Waals surface area contributed by atoms with Crippen molar-refractivity contribution in [3.05, 3.63) is 12.7 Å². The van der Waals surface area contributed by atoms with Gasteiger partial charge in [0.2, 0.25) is 11.8 Å². The molecule has 0 aromatic rings. The van der Waals surface area contributed by atoms with Gasteiger partial charge in [0, 0.05) is 13.1 Å². The van der Waals surface area contributed by atoms with Gasteiger partial charge in [0.25, 0.3) is 0 Å². The average molecular weight is 437 g/mol. The smallest absolute Gasteiger partial charge is 0.310 e. The van der Waals surface area contributed by atoms with E-state index in [1.54, 1.807) is 17.9 Å². The number of aliphatic hydroxyl groups is 1. The van der Waals surface area contributed by atoms with Gasteiger partial charge in [-0.05, 0) is 32.1 Å². The lowest BCUT2D eigenvalue weighted by Gasteiger charge is -2.39. The molecule has 3 rings (SSSR count). The van der Waals surface area contributed by atoms with Crippen molar-refractivity contribution in [2.75, 3.05) is 19.7 Å². The summed E-state index contributed by atoms with van der Waals surface area (Å²) >= 11 is 0. The summed E-state index contributed by atoms with van der Waals surface area (Å²) in [7, 11) is 0. The number of carbonyl (C=O) groups is 3. The number of aliphatic carboxylic acids is 1. The number of ether oxygens (including phenoxy) is 1. The standard InChI is InChI=1S/C23H36N2O6/c1-6-9-11-24(10-7-2)20(28)18-23-12-14(4)22(5,31-23)17(21(29)30)16(23)19(27)25(18)15(8-3)13-26/h7,14-18,26H,2,6,8-13H2,1,3-5H3,(H,29,30)/t14?,15-,16-,17-,18?,22+,23?/m0/s1. The highest BCUT2D eigenvalue weighted by atomic mass is 16.5. The molecular formula is C23H36N2O6. The van der Waals surface area contributed by atoms with Gasteiger partial charge in [-0.1, -0.05) is 33.3 Å². The number of carbonyl (C=O) groups excluding carboxylic acids is 2. The van der Waals surface area contributed by atoms with Crippen LogP contribution in [0.1, 0.15) is 53.4 Å². The molecule has 174 valence electrons. The number of carboxylic acid groups (broad SMARTS) is 1. The maximum absolute atomic E-state index is 13.9. The molecule has 8 heteroatoms. The first-order valence-corrected chi connectivity index (χ1v) is 11.4. The minimum Gasteiger partial charge on any atom is -0.481 e. The second-order valence-electron chi connectivity index (χ2n) is 9.46. The number of rotatable bonds is 10. The van der Waals surface area contributed by atoms with Crippen LogP contribution in [-0.4, -0.2) is 80.8 Å². The third-order valence-corrected chi connectivity index (χ3v) is 7.77. The third-order valence-electron chi connectivity index (χ3n) is 7.77. The monoisotopic (exact) mass is 436 g/mol. The third kappa shape index (κ3) is 3.30. The lowest BCUT2D eigenvalue weighted by molar-refractivity contribution is -0.160. The maximum atomic E-state index is 13.9. The van der Waals surface area contributed by atoms with Crippen LogP contribution in [0.25, 0.3) is 0 Å². The molecule has 0 aliphatic carbocycles. The zero-order valence-electron chi connectivity index (χ0n) is 19.0. The van der Waals surface area contributed by atoms with Crippen LogP contribution >= 0.6 is 0 Å². The Hall–Kier alpha value is -1.93. The summed E-state index contributed by atoms with van der Waals surface area (Å²) < 4.78 is 6.47. The van der Waals surface area contributed by atoms with Crippen molar-refractivity contribution in [1.82, 2.24) is 9.80 Å². The molecule has 3 fully saturated rings. The second-order valence-corrected chi connectivity index (χ2v) is 9.46. The fourth-order valence-corrected chi connectivity index (χ4v) is 6.11. The van der Waals surface area contributed by atoms with Gasteiger partial charge in [-0.3, -0.25) is 14.4 Å². The van der Waals surface area contributed by atoms with Crippen LogP contribution in [0, 0.1) is 17.8 Å². The lowest BCUT2D eigenvalue weighted by Crippen LogP contribution is -2.59. The van der Waals surface area contributed by atoms with Crippen molar-refractivity contribution < 1.29 is 29.3 Å². The van der Waals surface area contributed by atoms with Gasteiger partial charge in [-0.25, -0.2) is 0 Å². The molecule has 31 heavy (non-hydrogen) atoms. The number of amides is 2. The molecule has 3 heterocycles. The first kappa shape index (κ1) is 23.7. The minimum atomic E-state index is -1.19.